The third kappa shape index (κ3) is 3.29. The molecule has 2 rings (SSSR count). The van der Waals surface area contributed by atoms with Crippen LogP contribution in [0.2, 0.25) is 0 Å². The lowest BCUT2D eigenvalue weighted by Crippen LogP contribution is -2.29. The molecule has 0 unspecified atom stereocenters. The standard InChI is InChI=1S/C15H21NO3S2/c1-11(2)8-9-16(3)21(18,19)15-12-6-4-5-7-13(12)20-14(15)10-17/h4-7,11,17H,8-10H2,1-3H3. The highest BCUT2D eigenvalue weighted by atomic mass is 32.2. The quantitative estimate of drug-likeness (QED) is 0.887. The number of benzene rings is 1. The van der Waals surface area contributed by atoms with E-state index >= 15 is 0 Å². The molecular weight excluding hydrogens is 306 g/mol. The number of hydrogen-bond acceptors (Lipinski definition) is 4. The number of sulfonamides is 1. The number of nitrogens with zero attached hydrogens (tertiary/aromatic N) is 1. The Morgan fingerprint density at radius 1 is 1.29 bits per heavy atom. The lowest BCUT2D eigenvalue weighted by molar-refractivity contribution is 0.282. The average Bonchev–Trinajstić information content (AvgIpc) is 2.83. The fourth-order valence-corrected chi connectivity index (χ4v) is 5.11. The first-order chi connectivity index (χ1) is 9.87. The van der Waals surface area contributed by atoms with Crippen molar-refractivity contribution in [2.45, 2.75) is 31.8 Å². The molecule has 4 nitrogen and oxygen atoms in total. The molecule has 116 valence electrons. The first-order valence-electron chi connectivity index (χ1n) is 6.95. The molecule has 21 heavy (non-hydrogen) atoms. The Bertz CT molecular complexity index is 720. The van der Waals surface area contributed by atoms with Gasteiger partial charge in [0.1, 0.15) is 4.90 Å². The summed E-state index contributed by atoms with van der Waals surface area (Å²) in [6, 6.07) is 7.38. The van der Waals surface area contributed by atoms with Gasteiger partial charge in [-0.05, 0) is 18.4 Å². The molecule has 0 bridgehead atoms. The van der Waals surface area contributed by atoms with E-state index in [1.807, 2.05) is 18.2 Å². The molecule has 1 aromatic carbocycles. The Balaban J connectivity index is 2.48. The molecule has 6 heteroatoms. The van der Waals surface area contributed by atoms with Crippen molar-refractivity contribution in [2.75, 3.05) is 13.6 Å². The van der Waals surface area contributed by atoms with Gasteiger partial charge < -0.3 is 5.11 Å². The monoisotopic (exact) mass is 327 g/mol. The third-order valence-electron chi connectivity index (χ3n) is 3.45. The van der Waals surface area contributed by atoms with E-state index < -0.39 is 10.0 Å². The van der Waals surface area contributed by atoms with Crippen molar-refractivity contribution < 1.29 is 13.5 Å². The largest absolute Gasteiger partial charge is 0.391 e. The molecule has 0 saturated carbocycles. The fourth-order valence-electron chi connectivity index (χ4n) is 2.18. The van der Waals surface area contributed by atoms with E-state index in [4.69, 9.17) is 0 Å². The van der Waals surface area contributed by atoms with Crippen molar-refractivity contribution >= 4 is 31.4 Å². The number of rotatable bonds is 6. The van der Waals surface area contributed by atoms with Crippen LogP contribution in [0.3, 0.4) is 0 Å². The number of aliphatic hydroxyl groups is 1. The highest BCUT2D eigenvalue weighted by molar-refractivity contribution is 7.89. The van der Waals surface area contributed by atoms with Gasteiger partial charge >= 0.3 is 0 Å². The van der Waals surface area contributed by atoms with Gasteiger partial charge in [-0.2, -0.15) is 0 Å². The Morgan fingerprint density at radius 3 is 2.57 bits per heavy atom. The maximum atomic E-state index is 12.8. The highest BCUT2D eigenvalue weighted by Crippen LogP contribution is 2.36. The van der Waals surface area contributed by atoms with Crippen LogP contribution in [-0.4, -0.2) is 31.4 Å². The molecule has 2 aromatic rings. The van der Waals surface area contributed by atoms with Gasteiger partial charge in [-0.15, -0.1) is 11.3 Å². The van der Waals surface area contributed by atoms with Gasteiger partial charge in [0.2, 0.25) is 10.0 Å². The summed E-state index contributed by atoms with van der Waals surface area (Å²) in [5.74, 6) is 0.444. The molecule has 0 fully saturated rings. The predicted molar refractivity (Wildman–Crippen MR) is 87.0 cm³/mol. The molecule has 0 aliphatic heterocycles. The average molecular weight is 327 g/mol. The fraction of sp³-hybridized carbons (Fsp3) is 0.467. The van der Waals surface area contributed by atoms with Crippen LogP contribution in [0.4, 0.5) is 0 Å². The molecule has 1 heterocycles. The van der Waals surface area contributed by atoms with Gasteiger partial charge in [0.15, 0.2) is 0 Å². The Hall–Kier alpha value is -0.950. The molecule has 1 N–H and O–H groups in total. The van der Waals surface area contributed by atoms with Gasteiger partial charge in [0.25, 0.3) is 0 Å². The van der Waals surface area contributed by atoms with Crippen LogP contribution < -0.4 is 0 Å². The molecule has 0 radical (unpaired) electrons. The molecule has 0 aliphatic carbocycles. The second kappa shape index (κ2) is 6.44. The maximum absolute atomic E-state index is 12.8. The summed E-state index contributed by atoms with van der Waals surface area (Å²) >= 11 is 1.34. The van der Waals surface area contributed by atoms with Crippen molar-refractivity contribution in [2.24, 2.45) is 5.92 Å². The van der Waals surface area contributed by atoms with Gasteiger partial charge in [-0.1, -0.05) is 32.0 Å². The van der Waals surface area contributed by atoms with Crippen LogP contribution in [0, 0.1) is 5.92 Å². The van der Waals surface area contributed by atoms with E-state index in [-0.39, 0.29) is 11.5 Å². The zero-order chi connectivity index (χ0) is 15.6. The van der Waals surface area contributed by atoms with Crippen LogP contribution in [0.1, 0.15) is 25.1 Å². The van der Waals surface area contributed by atoms with Crippen molar-refractivity contribution in [1.29, 1.82) is 0 Å². The zero-order valence-corrected chi connectivity index (χ0v) is 14.2. The summed E-state index contributed by atoms with van der Waals surface area (Å²) in [5.41, 5.74) is 0. The maximum Gasteiger partial charge on any atom is 0.244 e. The minimum atomic E-state index is -3.58. The zero-order valence-electron chi connectivity index (χ0n) is 12.5. The smallest absolute Gasteiger partial charge is 0.244 e. The van der Waals surface area contributed by atoms with E-state index in [0.717, 1.165) is 11.1 Å². The number of fused-ring (bicyclic) bond motifs is 1. The summed E-state index contributed by atoms with van der Waals surface area (Å²) in [4.78, 5) is 0.768. The lowest BCUT2D eigenvalue weighted by Gasteiger charge is -2.18. The summed E-state index contributed by atoms with van der Waals surface area (Å²) in [7, 11) is -1.97. The van der Waals surface area contributed by atoms with E-state index in [0.29, 0.717) is 22.7 Å². The Labute approximate surface area is 130 Å². The Morgan fingerprint density at radius 2 is 1.95 bits per heavy atom. The third-order valence-corrected chi connectivity index (χ3v) is 6.72. The van der Waals surface area contributed by atoms with Crippen LogP contribution in [0.15, 0.2) is 29.2 Å². The summed E-state index contributed by atoms with van der Waals surface area (Å²) in [6.45, 7) is 4.36. The molecule has 1 aromatic heterocycles. The van der Waals surface area contributed by atoms with Gasteiger partial charge in [0, 0.05) is 23.7 Å². The first kappa shape index (κ1) is 16.4. The van der Waals surface area contributed by atoms with Crippen molar-refractivity contribution in [3.05, 3.63) is 29.1 Å². The highest BCUT2D eigenvalue weighted by Gasteiger charge is 2.28. The van der Waals surface area contributed by atoms with Gasteiger partial charge in [0.05, 0.1) is 11.5 Å². The van der Waals surface area contributed by atoms with E-state index in [1.165, 1.54) is 15.6 Å². The van der Waals surface area contributed by atoms with Crippen LogP contribution in [0.5, 0.6) is 0 Å². The summed E-state index contributed by atoms with van der Waals surface area (Å²) in [5, 5.41) is 10.2. The van der Waals surface area contributed by atoms with Gasteiger partial charge in [-0.25, -0.2) is 12.7 Å². The van der Waals surface area contributed by atoms with Crippen LogP contribution >= 0.6 is 11.3 Å². The van der Waals surface area contributed by atoms with E-state index in [9.17, 15) is 13.5 Å². The molecule has 0 saturated heterocycles. The molecular formula is C15H21NO3S2. The normalized spacial score (nSPS) is 12.7. The predicted octanol–water partition coefficient (Wildman–Crippen LogP) is 3.06. The molecule has 0 spiro atoms. The minimum absolute atomic E-state index is 0.258. The second-order valence-electron chi connectivity index (χ2n) is 5.52. The summed E-state index contributed by atoms with van der Waals surface area (Å²) < 4.78 is 27.9. The van der Waals surface area contributed by atoms with Crippen LogP contribution in [-0.2, 0) is 16.6 Å². The molecule has 0 atom stereocenters. The van der Waals surface area contributed by atoms with Crippen molar-refractivity contribution in [3.8, 4) is 0 Å². The SMILES string of the molecule is CC(C)CCN(C)S(=O)(=O)c1c(CO)sc2ccccc12. The minimum Gasteiger partial charge on any atom is -0.391 e. The van der Waals surface area contributed by atoms with Gasteiger partial charge in [-0.3, -0.25) is 0 Å². The summed E-state index contributed by atoms with van der Waals surface area (Å²) in [6.07, 6.45) is 0.812. The number of hydrogen-bond donors (Lipinski definition) is 1. The van der Waals surface area contributed by atoms with Crippen LogP contribution in [0.25, 0.3) is 10.1 Å². The van der Waals surface area contributed by atoms with E-state index in [2.05, 4.69) is 13.8 Å². The molecule has 0 amide bonds. The number of aliphatic hydroxyl groups excluding tert-OH is 1. The molecule has 0 aliphatic rings. The van der Waals surface area contributed by atoms with E-state index in [1.54, 1.807) is 13.1 Å². The lowest BCUT2D eigenvalue weighted by atomic mass is 10.1. The second-order valence-corrected chi connectivity index (χ2v) is 8.64. The first-order valence-corrected chi connectivity index (χ1v) is 9.21. The van der Waals surface area contributed by atoms with Crippen molar-refractivity contribution in [1.82, 2.24) is 4.31 Å². The van der Waals surface area contributed by atoms with Crippen molar-refractivity contribution in [3.63, 3.8) is 0 Å². The number of thiophene rings is 1. The Kier molecular flexibility index (Phi) is 5.03. The topological polar surface area (TPSA) is 57.6 Å².